The first kappa shape index (κ1) is 12.9. The summed E-state index contributed by atoms with van der Waals surface area (Å²) in [7, 11) is -1.90. The van der Waals surface area contributed by atoms with E-state index in [2.05, 4.69) is 63.2 Å². The van der Waals surface area contributed by atoms with Gasteiger partial charge in [-0.05, 0) is 12.1 Å². The number of hydrogen-bond donors (Lipinski definition) is 0. The van der Waals surface area contributed by atoms with Gasteiger partial charge in [0.15, 0.2) is 0 Å². The molecule has 0 rings (SSSR count). The van der Waals surface area contributed by atoms with Crippen LogP contribution in [-0.4, -0.2) is 16.1 Å². The van der Waals surface area contributed by atoms with Crippen molar-refractivity contribution in [1.82, 2.24) is 0 Å². The van der Waals surface area contributed by atoms with Crippen molar-refractivity contribution in [1.29, 1.82) is 0 Å². The zero-order valence-corrected chi connectivity index (χ0v) is 11.9. The van der Waals surface area contributed by atoms with Crippen LogP contribution in [0.15, 0.2) is 17.9 Å². The largest absolute Gasteiger partial charge is 0.0944 e. The van der Waals surface area contributed by atoms with Gasteiger partial charge in [-0.1, -0.05) is 57.1 Å². The van der Waals surface area contributed by atoms with Crippen LogP contribution in [0.3, 0.4) is 0 Å². The van der Waals surface area contributed by atoms with Gasteiger partial charge in [0.1, 0.15) is 0 Å². The van der Waals surface area contributed by atoms with Crippen molar-refractivity contribution < 1.29 is 0 Å². The average Bonchev–Trinajstić information content (AvgIpc) is 1.81. The predicted molar refractivity (Wildman–Crippen MR) is 68.5 cm³/mol. The van der Waals surface area contributed by atoms with Crippen molar-refractivity contribution in [2.75, 3.05) is 0 Å². The molecule has 0 aliphatic heterocycles. The van der Waals surface area contributed by atoms with Crippen molar-refractivity contribution in [2.24, 2.45) is 0 Å². The van der Waals surface area contributed by atoms with E-state index in [-0.39, 0.29) is 0 Å². The molecule has 0 saturated carbocycles. The van der Waals surface area contributed by atoms with E-state index in [0.29, 0.717) is 0 Å². The zero-order valence-electron chi connectivity index (χ0n) is 9.94. The first-order valence-corrected chi connectivity index (χ1v) is 12.2. The van der Waals surface area contributed by atoms with Gasteiger partial charge in [0.25, 0.3) is 0 Å². The Labute approximate surface area is 85.8 Å². The fourth-order valence-electron chi connectivity index (χ4n) is 0.731. The first-order chi connectivity index (χ1) is 5.71. The van der Waals surface area contributed by atoms with E-state index in [4.69, 9.17) is 0 Å². The second kappa shape index (κ2) is 4.96. The Balaban J connectivity index is 3.84. The molecule has 0 heterocycles. The molecule has 0 spiro atoms. The van der Waals surface area contributed by atoms with Crippen molar-refractivity contribution in [3.63, 3.8) is 0 Å². The van der Waals surface area contributed by atoms with Gasteiger partial charge < -0.3 is 0 Å². The van der Waals surface area contributed by atoms with E-state index in [1.807, 2.05) is 0 Å². The Morgan fingerprint density at radius 2 is 1.54 bits per heavy atom. The van der Waals surface area contributed by atoms with Crippen LogP contribution in [0.25, 0.3) is 0 Å². The van der Waals surface area contributed by atoms with E-state index in [9.17, 15) is 0 Å². The van der Waals surface area contributed by atoms with Crippen molar-refractivity contribution in [3.05, 3.63) is 23.9 Å². The highest BCUT2D eigenvalue weighted by Crippen LogP contribution is 2.08. The molecule has 0 aromatic heterocycles. The van der Waals surface area contributed by atoms with E-state index in [0.717, 1.165) is 0 Å². The lowest BCUT2D eigenvalue weighted by atomic mass is 10.5. The molecule has 13 heavy (non-hydrogen) atoms. The molecule has 0 aliphatic rings. The van der Waals surface area contributed by atoms with Crippen LogP contribution in [0.4, 0.5) is 0 Å². The molecule has 0 amide bonds. The van der Waals surface area contributed by atoms with Gasteiger partial charge in [-0.3, -0.25) is 0 Å². The van der Waals surface area contributed by atoms with Gasteiger partial charge >= 0.3 is 0 Å². The summed E-state index contributed by atoms with van der Waals surface area (Å²) >= 11 is 0. The molecule has 0 aromatic rings. The molecule has 0 aliphatic carbocycles. The molecular weight excluding hydrogens is 188 g/mol. The molecular formula is C11H23Si2. The van der Waals surface area contributed by atoms with Crippen molar-refractivity contribution >= 4 is 16.1 Å². The Kier molecular flexibility index (Phi) is 4.93. The maximum atomic E-state index is 3.26. The Morgan fingerprint density at radius 3 is 1.92 bits per heavy atom. The van der Waals surface area contributed by atoms with Gasteiger partial charge in [-0.15, -0.1) is 0 Å². The minimum absolute atomic E-state index is 0.894. The normalized spacial score (nSPS) is 14.6. The van der Waals surface area contributed by atoms with E-state index in [1.165, 1.54) is 6.04 Å². The van der Waals surface area contributed by atoms with Crippen molar-refractivity contribution in [3.8, 4) is 0 Å². The third kappa shape index (κ3) is 11.9. The summed E-state index contributed by atoms with van der Waals surface area (Å²) in [4.78, 5) is 0. The third-order valence-electron chi connectivity index (χ3n) is 1.51. The highest BCUT2D eigenvalue weighted by Gasteiger charge is 2.09. The fraction of sp³-hybridized carbons (Fsp3) is 0.636. The third-order valence-corrected chi connectivity index (χ3v) is 4.11. The molecule has 0 N–H and O–H groups in total. The molecule has 0 unspecified atom stereocenters. The predicted octanol–water partition coefficient (Wildman–Crippen LogP) is 4.12. The van der Waals surface area contributed by atoms with Gasteiger partial charge in [0, 0.05) is 8.07 Å². The topological polar surface area (TPSA) is 0 Å². The summed E-state index contributed by atoms with van der Waals surface area (Å²) in [6.45, 7) is 14.2. The maximum Gasteiger partial charge on any atom is 0.0687 e. The average molecular weight is 211 g/mol. The quantitative estimate of drug-likeness (QED) is 0.485. The minimum atomic E-state index is -1.00. The standard InChI is InChI=1S/C11H23Si2/c1-12(2,3)10-8-7-9-11-13(4,5)6/h8-10H,11H2,1-6H3/b9-7?,10-8+. The van der Waals surface area contributed by atoms with E-state index in [1.54, 1.807) is 0 Å². The summed E-state index contributed by atoms with van der Waals surface area (Å²) in [5, 5.41) is 0. The number of hydrogen-bond acceptors (Lipinski definition) is 0. The molecule has 0 atom stereocenters. The van der Waals surface area contributed by atoms with E-state index < -0.39 is 16.1 Å². The molecule has 75 valence electrons. The summed E-state index contributed by atoms with van der Waals surface area (Å²) < 4.78 is 0. The number of rotatable bonds is 4. The second-order valence-corrected chi connectivity index (χ2v) is 16.4. The van der Waals surface area contributed by atoms with Crippen LogP contribution in [0.5, 0.6) is 0 Å². The van der Waals surface area contributed by atoms with Crippen LogP contribution in [0.1, 0.15) is 0 Å². The number of allylic oxidation sites excluding steroid dienone is 3. The van der Waals surface area contributed by atoms with Crippen molar-refractivity contribution in [2.45, 2.75) is 45.3 Å². The summed E-state index contributed by atoms with van der Waals surface area (Å²) in [5.41, 5.74) is 2.33. The van der Waals surface area contributed by atoms with Gasteiger partial charge in [-0.2, -0.15) is 0 Å². The van der Waals surface area contributed by atoms with Gasteiger partial charge in [-0.25, -0.2) is 0 Å². The fourth-order valence-corrected chi connectivity index (χ4v) is 2.06. The maximum absolute atomic E-state index is 3.26. The monoisotopic (exact) mass is 211 g/mol. The first-order valence-electron chi connectivity index (χ1n) is 4.96. The lowest BCUT2D eigenvalue weighted by Gasteiger charge is -2.11. The van der Waals surface area contributed by atoms with Crippen LogP contribution in [0.2, 0.25) is 45.3 Å². The van der Waals surface area contributed by atoms with Crippen LogP contribution < -0.4 is 0 Å². The molecule has 0 fully saturated rings. The molecule has 0 aromatic carbocycles. The summed E-state index contributed by atoms with van der Waals surface area (Å²) in [6, 6.07) is 1.24. The zero-order chi connectivity index (χ0) is 10.5. The minimum Gasteiger partial charge on any atom is -0.0944 e. The molecule has 0 bridgehead atoms. The molecule has 2 heteroatoms. The Morgan fingerprint density at radius 1 is 1.00 bits per heavy atom. The smallest absolute Gasteiger partial charge is 0.0687 e. The lowest BCUT2D eigenvalue weighted by molar-refractivity contribution is 1.50. The second-order valence-electron chi connectivity index (χ2n) is 5.83. The molecule has 0 saturated heterocycles. The van der Waals surface area contributed by atoms with E-state index >= 15 is 0 Å². The Bertz CT molecular complexity index is 189. The van der Waals surface area contributed by atoms with Gasteiger partial charge in [0.2, 0.25) is 0 Å². The summed E-state index contributed by atoms with van der Waals surface area (Å²) in [5.74, 6) is 0. The van der Waals surface area contributed by atoms with Gasteiger partial charge in [0.05, 0.1) is 8.07 Å². The highest BCUT2D eigenvalue weighted by atomic mass is 28.3. The van der Waals surface area contributed by atoms with Crippen LogP contribution in [0, 0.1) is 6.08 Å². The molecule has 0 nitrogen and oxygen atoms in total. The lowest BCUT2D eigenvalue weighted by Crippen LogP contribution is -2.17. The highest BCUT2D eigenvalue weighted by molar-refractivity contribution is 6.81. The molecule has 1 radical (unpaired) electrons. The Hall–Kier alpha value is -0.0862. The SMILES string of the molecule is C[Si](C)(C)/C=C/[C]=C/C[Si](C)(C)C. The van der Waals surface area contributed by atoms with Crippen LogP contribution in [-0.2, 0) is 0 Å². The summed E-state index contributed by atoms with van der Waals surface area (Å²) in [6.07, 6.45) is 7.56. The van der Waals surface area contributed by atoms with Crippen LogP contribution >= 0.6 is 0 Å².